The van der Waals surface area contributed by atoms with Crippen molar-refractivity contribution in [3.8, 4) is 0 Å². The van der Waals surface area contributed by atoms with Crippen LogP contribution in [0.5, 0.6) is 0 Å². The minimum absolute atomic E-state index is 0.139. The maximum Gasteiger partial charge on any atom is 0.310 e. The van der Waals surface area contributed by atoms with Crippen LogP contribution in [-0.2, 0) is 21.0 Å². The van der Waals surface area contributed by atoms with Gasteiger partial charge in [-0.2, -0.15) is 0 Å². The maximum atomic E-state index is 12.6. The molecule has 0 unspecified atom stereocenters. The van der Waals surface area contributed by atoms with Crippen molar-refractivity contribution in [3.05, 3.63) is 5.82 Å². The van der Waals surface area contributed by atoms with Gasteiger partial charge in [-0.3, -0.25) is 4.79 Å². The Bertz CT molecular complexity index is 564. The van der Waals surface area contributed by atoms with Gasteiger partial charge in [-0.1, -0.05) is 39.9 Å². The van der Waals surface area contributed by atoms with Crippen LogP contribution < -0.4 is 0 Å². The number of rotatable bonds is 10. The zero-order valence-electron chi connectivity index (χ0n) is 17.7. The van der Waals surface area contributed by atoms with E-state index >= 15 is 0 Å². The van der Waals surface area contributed by atoms with Crippen molar-refractivity contribution in [1.82, 2.24) is 20.2 Å². The Labute approximate surface area is 158 Å². The molecule has 0 spiro atoms. The Balaban J connectivity index is 2.78. The highest BCUT2D eigenvalue weighted by Gasteiger charge is 2.33. The number of hydrogen-bond donors (Lipinski definition) is 0. The van der Waals surface area contributed by atoms with E-state index < -0.39 is 13.7 Å². The molecule has 0 saturated carbocycles. The number of aromatic nitrogens is 4. The van der Waals surface area contributed by atoms with Gasteiger partial charge < -0.3 is 9.47 Å². The first-order valence-electron chi connectivity index (χ1n) is 9.51. The first kappa shape index (κ1) is 22.8. The van der Waals surface area contributed by atoms with Crippen LogP contribution in [0.2, 0.25) is 25.7 Å². The first-order valence-corrected chi connectivity index (χ1v) is 13.2. The van der Waals surface area contributed by atoms with Crippen molar-refractivity contribution in [2.45, 2.75) is 91.4 Å². The fourth-order valence-corrected chi connectivity index (χ4v) is 3.36. The Morgan fingerprint density at radius 1 is 1.27 bits per heavy atom. The molecule has 7 nitrogen and oxygen atoms in total. The van der Waals surface area contributed by atoms with Gasteiger partial charge in [-0.15, -0.1) is 5.10 Å². The van der Waals surface area contributed by atoms with Crippen LogP contribution in [0.4, 0.5) is 0 Å². The Morgan fingerprint density at radius 2 is 1.92 bits per heavy atom. The third kappa shape index (κ3) is 7.95. The molecule has 8 heteroatoms. The highest BCUT2D eigenvalue weighted by Crippen LogP contribution is 2.29. The molecule has 0 aliphatic rings. The molecule has 0 bridgehead atoms. The largest absolute Gasteiger partial charge is 0.460 e. The number of esters is 1. The molecule has 2 atom stereocenters. The molecule has 0 aromatic carbocycles. The molecule has 0 amide bonds. The summed E-state index contributed by atoms with van der Waals surface area (Å²) >= 11 is 0. The van der Waals surface area contributed by atoms with E-state index in [2.05, 4.69) is 42.1 Å². The molecule has 1 aromatic heterocycles. The van der Waals surface area contributed by atoms with E-state index in [1.54, 1.807) is 4.68 Å². The van der Waals surface area contributed by atoms with E-state index in [-0.39, 0.29) is 17.8 Å². The summed E-state index contributed by atoms with van der Waals surface area (Å²) in [5.41, 5.74) is -0.505. The summed E-state index contributed by atoms with van der Waals surface area (Å²) in [6.07, 6.45) is 1.63. The van der Waals surface area contributed by atoms with Crippen molar-refractivity contribution < 1.29 is 14.3 Å². The molecule has 1 aromatic rings. The summed E-state index contributed by atoms with van der Waals surface area (Å²) in [7, 11) is -1.13. The SMILES string of the molecule is CCC[C@H](C(=O)OC(C)(C)C)[C@H](C)c1nnnn1COCC[Si](C)(C)C. The van der Waals surface area contributed by atoms with Gasteiger partial charge in [-0.05, 0) is 43.7 Å². The highest BCUT2D eigenvalue weighted by atomic mass is 28.3. The van der Waals surface area contributed by atoms with Crippen LogP contribution in [0.1, 0.15) is 59.2 Å². The van der Waals surface area contributed by atoms with Gasteiger partial charge >= 0.3 is 5.97 Å². The van der Waals surface area contributed by atoms with E-state index in [9.17, 15) is 4.79 Å². The molecule has 0 saturated heterocycles. The van der Waals surface area contributed by atoms with E-state index in [1.165, 1.54) is 0 Å². The van der Waals surface area contributed by atoms with Crippen molar-refractivity contribution in [2.75, 3.05) is 6.61 Å². The Kier molecular flexibility index (Phi) is 8.40. The van der Waals surface area contributed by atoms with Crippen LogP contribution in [-0.4, -0.2) is 46.5 Å². The van der Waals surface area contributed by atoms with Crippen LogP contribution in [0.15, 0.2) is 0 Å². The quantitative estimate of drug-likeness (QED) is 0.346. The molecule has 0 fully saturated rings. The average molecular weight is 385 g/mol. The number of tetrazole rings is 1. The van der Waals surface area contributed by atoms with Crippen molar-refractivity contribution >= 4 is 14.0 Å². The molecule has 26 heavy (non-hydrogen) atoms. The monoisotopic (exact) mass is 384 g/mol. The average Bonchev–Trinajstić information content (AvgIpc) is 2.94. The molecule has 0 aliphatic carbocycles. The lowest BCUT2D eigenvalue weighted by molar-refractivity contribution is -0.161. The van der Waals surface area contributed by atoms with Crippen molar-refractivity contribution in [1.29, 1.82) is 0 Å². The van der Waals surface area contributed by atoms with E-state index in [0.717, 1.165) is 18.9 Å². The zero-order chi connectivity index (χ0) is 20.0. The summed E-state index contributed by atoms with van der Waals surface area (Å²) in [6.45, 7) is 17.7. The number of hydrogen-bond acceptors (Lipinski definition) is 6. The minimum Gasteiger partial charge on any atom is -0.460 e. The summed E-state index contributed by atoms with van der Waals surface area (Å²) in [4.78, 5) is 12.6. The van der Waals surface area contributed by atoms with Crippen LogP contribution in [0.3, 0.4) is 0 Å². The second-order valence-electron chi connectivity index (χ2n) is 9.10. The Hall–Kier alpha value is -1.28. The van der Waals surface area contributed by atoms with Crippen LogP contribution >= 0.6 is 0 Å². The standard InChI is InChI=1S/C18H36N4O3Si/c1-9-10-15(17(23)25-18(3,4)5)14(2)16-19-20-21-22(16)13-24-11-12-26(6,7)8/h14-15H,9-13H2,1-8H3/t14-,15-/m0/s1. The molecule has 1 heterocycles. The van der Waals surface area contributed by atoms with E-state index in [4.69, 9.17) is 9.47 Å². The summed E-state index contributed by atoms with van der Waals surface area (Å²) in [6, 6.07) is 1.09. The molecule has 150 valence electrons. The van der Waals surface area contributed by atoms with Gasteiger partial charge in [0.2, 0.25) is 0 Å². The first-order chi connectivity index (χ1) is 11.9. The lowest BCUT2D eigenvalue weighted by Crippen LogP contribution is -2.32. The van der Waals surface area contributed by atoms with Gasteiger partial charge in [0.1, 0.15) is 12.3 Å². The molecule has 0 radical (unpaired) electrons. The topological polar surface area (TPSA) is 79.1 Å². The summed E-state index contributed by atoms with van der Waals surface area (Å²) in [5.74, 6) is 0.0645. The maximum absolute atomic E-state index is 12.6. The smallest absolute Gasteiger partial charge is 0.310 e. The molecule has 0 aliphatic heterocycles. The van der Waals surface area contributed by atoms with E-state index in [1.807, 2.05) is 27.7 Å². The molecule has 1 rings (SSSR count). The van der Waals surface area contributed by atoms with Gasteiger partial charge in [0.05, 0.1) is 5.92 Å². The fraction of sp³-hybridized carbons (Fsp3) is 0.889. The lowest BCUT2D eigenvalue weighted by atomic mass is 9.89. The molecule has 0 N–H and O–H groups in total. The second-order valence-corrected chi connectivity index (χ2v) is 14.7. The van der Waals surface area contributed by atoms with Gasteiger partial charge in [0.25, 0.3) is 0 Å². The Morgan fingerprint density at radius 3 is 2.46 bits per heavy atom. The fourth-order valence-electron chi connectivity index (χ4n) is 2.60. The second kappa shape index (κ2) is 9.59. The highest BCUT2D eigenvalue weighted by molar-refractivity contribution is 6.76. The van der Waals surface area contributed by atoms with Gasteiger partial charge in [0.15, 0.2) is 5.82 Å². The lowest BCUT2D eigenvalue weighted by Gasteiger charge is -2.26. The summed E-state index contributed by atoms with van der Waals surface area (Å²) in [5, 5.41) is 12.0. The predicted octanol–water partition coefficient (Wildman–Crippen LogP) is 3.85. The van der Waals surface area contributed by atoms with Gasteiger partial charge in [0, 0.05) is 20.6 Å². The third-order valence-electron chi connectivity index (χ3n) is 4.09. The molecular weight excluding hydrogens is 348 g/mol. The van der Waals surface area contributed by atoms with Crippen molar-refractivity contribution in [2.24, 2.45) is 5.92 Å². The van der Waals surface area contributed by atoms with Gasteiger partial charge in [-0.25, -0.2) is 4.68 Å². The molecular formula is C18H36N4O3Si. The predicted molar refractivity (Wildman–Crippen MR) is 105 cm³/mol. The van der Waals surface area contributed by atoms with Crippen LogP contribution in [0, 0.1) is 5.92 Å². The zero-order valence-corrected chi connectivity index (χ0v) is 18.7. The van der Waals surface area contributed by atoms with Crippen LogP contribution in [0.25, 0.3) is 0 Å². The normalized spacial score (nSPS) is 14.9. The number of carbonyl (C=O) groups is 1. The minimum atomic E-state index is -1.13. The van der Waals surface area contributed by atoms with E-state index in [0.29, 0.717) is 19.2 Å². The summed E-state index contributed by atoms with van der Waals surface area (Å²) < 4.78 is 13.0. The number of ether oxygens (including phenoxy) is 2. The number of nitrogens with zero attached hydrogens (tertiary/aromatic N) is 4. The van der Waals surface area contributed by atoms with Crippen molar-refractivity contribution in [3.63, 3.8) is 0 Å². The third-order valence-corrected chi connectivity index (χ3v) is 5.79. The number of carbonyl (C=O) groups excluding carboxylic acids is 1.